The molecule has 3 aromatic rings. The van der Waals surface area contributed by atoms with Crippen LogP contribution in [0.15, 0.2) is 30.3 Å². The molecule has 0 bridgehead atoms. The van der Waals surface area contributed by atoms with Crippen LogP contribution in [0.5, 0.6) is 5.75 Å². The number of benzene rings is 2. The van der Waals surface area contributed by atoms with Gasteiger partial charge in [0.1, 0.15) is 23.4 Å². The highest BCUT2D eigenvalue weighted by atomic mass is 35.5. The first kappa shape index (κ1) is 14.6. The van der Waals surface area contributed by atoms with Gasteiger partial charge in [0.05, 0.1) is 6.61 Å². The van der Waals surface area contributed by atoms with Gasteiger partial charge < -0.3 is 14.3 Å². The van der Waals surface area contributed by atoms with Crippen LogP contribution in [0.1, 0.15) is 11.1 Å². The van der Waals surface area contributed by atoms with Crippen molar-refractivity contribution in [1.82, 2.24) is 15.2 Å². The van der Waals surface area contributed by atoms with Gasteiger partial charge in [-0.15, -0.1) is 5.10 Å². The topological polar surface area (TPSA) is 58.4 Å². The zero-order valence-corrected chi connectivity index (χ0v) is 13.3. The first-order valence-electron chi connectivity index (χ1n) is 6.87. The lowest BCUT2D eigenvalue weighted by molar-refractivity contribution is -0.0189. The van der Waals surface area contributed by atoms with Gasteiger partial charge in [0, 0.05) is 21.2 Å². The second-order valence-corrected chi connectivity index (χ2v) is 5.91. The number of fused-ring (bicyclic) bond motifs is 2. The van der Waals surface area contributed by atoms with Crippen molar-refractivity contribution >= 4 is 34.2 Å². The zero-order valence-electron chi connectivity index (χ0n) is 11.8. The lowest BCUT2D eigenvalue weighted by Crippen LogP contribution is -2.17. The van der Waals surface area contributed by atoms with Crippen LogP contribution < -0.4 is 9.57 Å². The van der Waals surface area contributed by atoms with E-state index >= 15 is 0 Å². The molecular formula is C15H11Cl2N3O3. The van der Waals surface area contributed by atoms with Crippen LogP contribution in [0.25, 0.3) is 11.0 Å². The van der Waals surface area contributed by atoms with Crippen LogP contribution in [0.2, 0.25) is 10.0 Å². The van der Waals surface area contributed by atoms with E-state index in [4.69, 9.17) is 37.5 Å². The Labute approximate surface area is 141 Å². The van der Waals surface area contributed by atoms with Gasteiger partial charge in [-0.05, 0) is 35.5 Å². The molecule has 0 atom stereocenters. The largest absolute Gasteiger partial charge is 0.467 e. The number of nitrogens with zero attached hydrogens (tertiary/aromatic N) is 3. The zero-order chi connectivity index (χ0) is 15.8. The highest BCUT2D eigenvalue weighted by Crippen LogP contribution is 2.31. The van der Waals surface area contributed by atoms with E-state index in [1.54, 1.807) is 24.3 Å². The Morgan fingerprint density at radius 2 is 2.09 bits per heavy atom. The molecule has 8 heteroatoms. The second kappa shape index (κ2) is 5.88. The molecule has 1 aromatic heterocycles. The SMILES string of the molecule is Clc1cc2c(c(COn3nnc4ccc(Cl)cc43)c1)OCOC2. The average Bonchev–Trinajstić information content (AvgIpc) is 2.94. The molecule has 23 heavy (non-hydrogen) atoms. The van der Waals surface area contributed by atoms with Crippen molar-refractivity contribution < 1.29 is 14.3 Å². The minimum atomic E-state index is 0.212. The highest BCUT2D eigenvalue weighted by molar-refractivity contribution is 6.31. The Morgan fingerprint density at radius 1 is 1.17 bits per heavy atom. The van der Waals surface area contributed by atoms with E-state index < -0.39 is 0 Å². The fraction of sp³-hybridized carbons (Fsp3) is 0.200. The molecule has 4 rings (SSSR count). The van der Waals surface area contributed by atoms with E-state index in [0.29, 0.717) is 27.7 Å². The Bertz CT molecular complexity index is 882. The Balaban J connectivity index is 1.63. The van der Waals surface area contributed by atoms with Crippen LogP contribution in [0, 0.1) is 0 Å². The monoisotopic (exact) mass is 351 g/mol. The van der Waals surface area contributed by atoms with Crippen LogP contribution in [-0.2, 0) is 18.0 Å². The summed E-state index contributed by atoms with van der Waals surface area (Å²) in [5, 5.41) is 9.19. The Hall–Kier alpha value is -2.02. The predicted octanol–water partition coefficient (Wildman–Crippen LogP) is 3.23. The first-order chi connectivity index (χ1) is 11.2. The van der Waals surface area contributed by atoms with E-state index in [9.17, 15) is 0 Å². The summed E-state index contributed by atoms with van der Waals surface area (Å²) in [7, 11) is 0. The van der Waals surface area contributed by atoms with Gasteiger partial charge >= 0.3 is 0 Å². The van der Waals surface area contributed by atoms with Crippen molar-refractivity contribution in [2.45, 2.75) is 13.2 Å². The molecule has 2 heterocycles. The van der Waals surface area contributed by atoms with Crippen molar-refractivity contribution in [1.29, 1.82) is 0 Å². The third kappa shape index (κ3) is 2.81. The lowest BCUT2D eigenvalue weighted by atomic mass is 10.1. The third-order valence-corrected chi connectivity index (χ3v) is 3.92. The van der Waals surface area contributed by atoms with Crippen LogP contribution >= 0.6 is 23.2 Å². The second-order valence-electron chi connectivity index (χ2n) is 5.03. The van der Waals surface area contributed by atoms with Crippen molar-refractivity contribution in [3.63, 3.8) is 0 Å². The van der Waals surface area contributed by atoms with Crippen LogP contribution in [-0.4, -0.2) is 22.0 Å². The Morgan fingerprint density at radius 3 is 3.00 bits per heavy atom. The van der Waals surface area contributed by atoms with Gasteiger partial charge in [-0.1, -0.05) is 28.0 Å². The van der Waals surface area contributed by atoms with Crippen LogP contribution in [0.4, 0.5) is 0 Å². The van der Waals surface area contributed by atoms with Gasteiger partial charge in [-0.25, -0.2) is 0 Å². The molecule has 0 N–H and O–H groups in total. The molecule has 1 aliphatic heterocycles. The third-order valence-electron chi connectivity index (χ3n) is 3.47. The molecule has 0 fully saturated rings. The van der Waals surface area contributed by atoms with Crippen molar-refractivity contribution in [2.75, 3.05) is 6.79 Å². The maximum Gasteiger partial charge on any atom is 0.189 e. The first-order valence-corrected chi connectivity index (χ1v) is 7.62. The summed E-state index contributed by atoms with van der Waals surface area (Å²) in [6.45, 7) is 0.905. The minimum Gasteiger partial charge on any atom is -0.467 e. The van der Waals surface area contributed by atoms with E-state index in [1.165, 1.54) is 4.85 Å². The molecule has 6 nitrogen and oxygen atoms in total. The summed E-state index contributed by atoms with van der Waals surface area (Å²) >= 11 is 12.1. The summed E-state index contributed by atoms with van der Waals surface area (Å²) in [6, 6.07) is 8.91. The van der Waals surface area contributed by atoms with Crippen molar-refractivity contribution in [3.05, 3.63) is 51.5 Å². The molecular weight excluding hydrogens is 341 g/mol. The van der Waals surface area contributed by atoms with Gasteiger partial charge in [0.25, 0.3) is 0 Å². The van der Waals surface area contributed by atoms with Gasteiger partial charge in [-0.3, -0.25) is 0 Å². The molecule has 2 aromatic carbocycles. The number of hydrogen-bond acceptors (Lipinski definition) is 5. The summed E-state index contributed by atoms with van der Waals surface area (Å²) in [6.07, 6.45) is 0. The number of hydrogen-bond donors (Lipinski definition) is 0. The van der Waals surface area contributed by atoms with E-state index in [2.05, 4.69) is 10.3 Å². The number of aromatic nitrogens is 3. The lowest BCUT2D eigenvalue weighted by Gasteiger charge is -2.21. The van der Waals surface area contributed by atoms with Crippen molar-refractivity contribution in [3.8, 4) is 5.75 Å². The summed E-state index contributed by atoms with van der Waals surface area (Å²) in [5.74, 6) is 0.739. The number of ether oxygens (including phenoxy) is 2. The predicted molar refractivity (Wildman–Crippen MR) is 84.6 cm³/mol. The molecule has 0 unspecified atom stereocenters. The van der Waals surface area contributed by atoms with E-state index in [0.717, 1.165) is 16.9 Å². The molecule has 118 valence electrons. The maximum absolute atomic E-state index is 6.14. The molecule has 0 saturated heterocycles. The molecule has 0 aliphatic carbocycles. The highest BCUT2D eigenvalue weighted by Gasteiger charge is 2.17. The average molecular weight is 352 g/mol. The smallest absolute Gasteiger partial charge is 0.189 e. The van der Waals surface area contributed by atoms with Crippen molar-refractivity contribution in [2.24, 2.45) is 0 Å². The van der Waals surface area contributed by atoms with Crippen LogP contribution in [0.3, 0.4) is 0 Å². The standard InChI is InChI=1S/C15H11Cl2N3O3/c16-11-1-2-13-14(5-11)20(19-18-13)23-7-10-4-12(17)3-9-6-21-8-22-15(9)10/h1-5H,6-8H2. The number of rotatable bonds is 3. The molecule has 1 aliphatic rings. The van der Waals surface area contributed by atoms with E-state index in [1.807, 2.05) is 6.07 Å². The fourth-order valence-electron chi connectivity index (χ4n) is 2.46. The normalized spacial score (nSPS) is 13.7. The Kier molecular flexibility index (Phi) is 3.72. The van der Waals surface area contributed by atoms with Gasteiger partial charge in [0.15, 0.2) is 6.79 Å². The maximum atomic E-state index is 6.14. The summed E-state index contributed by atoms with van der Waals surface area (Å²) < 4.78 is 10.8. The van der Waals surface area contributed by atoms with Gasteiger partial charge in [-0.2, -0.15) is 0 Å². The van der Waals surface area contributed by atoms with E-state index in [-0.39, 0.29) is 13.4 Å². The molecule has 0 radical (unpaired) electrons. The summed E-state index contributed by atoms with van der Waals surface area (Å²) in [4.78, 5) is 7.07. The number of halogens is 2. The minimum absolute atomic E-state index is 0.212. The fourth-order valence-corrected chi connectivity index (χ4v) is 2.89. The summed E-state index contributed by atoms with van der Waals surface area (Å²) in [5.41, 5.74) is 3.11. The quantitative estimate of drug-likeness (QED) is 0.724. The molecule has 0 saturated carbocycles. The van der Waals surface area contributed by atoms with Gasteiger partial charge in [0.2, 0.25) is 0 Å². The molecule has 0 amide bonds. The molecule has 0 spiro atoms.